The highest BCUT2D eigenvalue weighted by atomic mass is 35.5. The molecule has 3 unspecified atom stereocenters. The maximum absolute atomic E-state index is 13.9. The lowest BCUT2D eigenvalue weighted by Gasteiger charge is -2.40. The zero-order valence-electron chi connectivity index (χ0n) is 23.0. The lowest BCUT2D eigenvalue weighted by atomic mass is 9.93. The molecule has 3 aromatic heterocycles. The van der Waals surface area contributed by atoms with Crippen molar-refractivity contribution in [3.63, 3.8) is 0 Å². The first-order valence-corrected chi connectivity index (χ1v) is 16.3. The van der Waals surface area contributed by atoms with Gasteiger partial charge in [-0.25, -0.2) is 13.4 Å². The molecule has 2 aliphatic rings. The second kappa shape index (κ2) is 11.1. The van der Waals surface area contributed by atoms with Crippen molar-refractivity contribution in [2.24, 2.45) is 5.73 Å². The Morgan fingerprint density at radius 2 is 1.91 bits per heavy atom. The van der Waals surface area contributed by atoms with Crippen LogP contribution in [0, 0.1) is 0 Å². The topological polar surface area (TPSA) is 187 Å². The van der Waals surface area contributed by atoms with E-state index in [9.17, 15) is 28.2 Å². The summed E-state index contributed by atoms with van der Waals surface area (Å²) in [6.07, 6.45) is 0.226. The van der Waals surface area contributed by atoms with Crippen LogP contribution in [0.25, 0.3) is 10.9 Å². The minimum absolute atomic E-state index is 0.00991. The Balaban J connectivity index is 1.29. The van der Waals surface area contributed by atoms with E-state index >= 15 is 0 Å². The van der Waals surface area contributed by atoms with Crippen LogP contribution in [0.1, 0.15) is 39.6 Å². The molecule has 3 atom stereocenters. The number of halogens is 1. The van der Waals surface area contributed by atoms with E-state index in [0.29, 0.717) is 28.2 Å². The molecule has 0 spiro atoms. The first kappa shape index (κ1) is 29.4. The van der Waals surface area contributed by atoms with Gasteiger partial charge in [0.15, 0.2) is 16.8 Å². The quantitative estimate of drug-likeness (QED) is 0.202. The fraction of sp³-hybridized carbons (Fsp3) is 0.370. The molecule has 1 saturated heterocycles. The third kappa shape index (κ3) is 5.35. The number of primary amides is 1. The van der Waals surface area contributed by atoms with Crippen LogP contribution in [0.4, 0.5) is 0 Å². The maximum atomic E-state index is 13.9. The molecular weight excluding hydrogens is 618 g/mol. The van der Waals surface area contributed by atoms with Crippen LogP contribution < -0.4 is 11.1 Å². The van der Waals surface area contributed by atoms with Crippen LogP contribution in [0.5, 0.6) is 11.8 Å². The van der Waals surface area contributed by atoms with Crippen molar-refractivity contribution >= 4 is 55.7 Å². The number of hydrogen-bond donors (Lipinski definition) is 5. The summed E-state index contributed by atoms with van der Waals surface area (Å²) in [5.74, 6) is -1.91. The van der Waals surface area contributed by atoms with Gasteiger partial charge in [-0.2, -0.15) is 4.31 Å². The summed E-state index contributed by atoms with van der Waals surface area (Å²) in [4.78, 5) is 35.9. The standard InChI is InChI=1S/C27H30ClN7O6S2/c1-14-23(25(29)38)24-19(12-30-14)42-26(32-24)27(39)34-9-8-33(13-17(34)6-7-35-21(36)4-5-22(35)37)43(40,41)20-11-15-10-16(28)2-3-18(15)31-20/h2-5,10-11,14,17,23,30-31,36-37H,6-9,12-13H2,1H3,(H2,29,38). The Kier molecular flexibility index (Phi) is 7.62. The Hall–Kier alpha value is -3.63. The molecule has 0 radical (unpaired) electrons. The van der Waals surface area contributed by atoms with Gasteiger partial charge in [0.25, 0.3) is 15.9 Å². The first-order valence-electron chi connectivity index (χ1n) is 13.6. The summed E-state index contributed by atoms with van der Waals surface area (Å²) in [7, 11) is -3.98. The van der Waals surface area contributed by atoms with E-state index in [0.717, 1.165) is 4.88 Å². The van der Waals surface area contributed by atoms with E-state index in [1.54, 1.807) is 23.1 Å². The van der Waals surface area contributed by atoms with Crippen molar-refractivity contribution in [1.29, 1.82) is 0 Å². The predicted molar refractivity (Wildman–Crippen MR) is 160 cm³/mol. The minimum Gasteiger partial charge on any atom is -0.494 e. The van der Waals surface area contributed by atoms with E-state index in [1.165, 1.54) is 38.4 Å². The Labute approximate surface area is 255 Å². The number of aromatic hydroxyl groups is 2. The zero-order chi connectivity index (χ0) is 30.6. The van der Waals surface area contributed by atoms with Gasteiger partial charge in [0.1, 0.15) is 5.03 Å². The van der Waals surface area contributed by atoms with Crippen molar-refractivity contribution in [2.75, 3.05) is 19.6 Å². The zero-order valence-corrected chi connectivity index (χ0v) is 25.4. The number of aromatic amines is 1. The number of nitrogens with zero attached hydrogens (tertiary/aromatic N) is 4. The third-order valence-corrected chi connectivity index (χ3v) is 11.2. The molecule has 228 valence electrons. The van der Waals surface area contributed by atoms with Crippen LogP contribution in [0.15, 0.2) is 41.4 Å². The SMILES string of the molecule is CC1NCc2sc(C(=O)N3CCN(S(=O)(=O)c4cc5cc(Cl)ccc5[nH]4)CC3CCn3c(O)ccc3O)nc2C1C(N)=O. The fourth-order valence-corrected chi connectivity index (χ4v) is 8.48. The number of benzene rings is 1. The molecule has 16 heteroatoms. The molecule has 6 N–H and O–H groups in total. The van der Waals surface area contributed by atoms with Crippen LogP contribution in [0.3, 0.4) is 0 Å². The lowest BCUT2D eigenvalue weighted by Crippen LogP contribution is -2.56. The van der Waals surface area contributed by atoms with Gasteiger partial charge in [-0.05, 0) is 37.6 Å². The second-order valence-electron chi connectivity index (χ2n) is 10.7. The van der Waals surface area contributed by atoms with Crippen molar-refractivity contribution < 1.29 is 28.2 Å². The van der Waals surface area contributed by atoms with E-state index in [2.05, 4.69) is 15.3 Å². The van der Waals surface area contributed by atoms with E-state index in [1.807, 2.05) is 6.92 Å². The van der Waals surface area contributed by atoms with E-state index in [4.69, 9.17) is 17.3 Å². The molecule has 0 saturated carbocycles. The average Bonchev–Trinajstić information content (AvgIpc) is 3.68. The van der Waals surface area contributed by atoms with Crippen molar-refractivity contribution in [1.82, 2.24) is 29.1 Å². The Morgan fingerprint density at radius 3 is 2.63 bits per heavy atom. The molecule has 5 heterocycles. The number of thiazole rings is 1. The normalized spacial score (nSPS) is 21.3. The van der Waals surface area contributed by atoms with Gasteiger partial charge in [-0.1, -0.05) is 11.6 Å². The predicted octanol–water partition coefficient (Wildman–Crippen LogP) is 2.16. The number of aromatic nitrogens is 3. The molecule has 0 bridgehead atoms. The van der Waals surface area contributed by atoms with Gasteiger partial charge in [0.2, 0.25) is 5.91 Å². The van der Waals surface area contributed by atoms with Gasteiger partial charge in [0, 0.05) is 77.7 Å². The van der Waals surface area contributed by atoms with Crippen LogP contribution in [-0.2, 0) is 27.9 Å². The highest BCUT2D eigenvalue weighted by molar-refractivity contribution is 7.89. The van der Waals surface area contributed by atoms with E-state index < -0.39 is 33.8 Å². The maximum Gasteiger partial charge on any atom is 0.283 e. The summed E-state index contributed by atoms with van der Waals surface area (Å²) in [5.41, 5.74) is 6.76. The Morgan fingerprint density at radius 1 is 1.16 bits per heavy atom. The molecular formula is C27H30ClN7O6S2. The minimum atomic E-state index is -3.98. The third-order valence-electron chi connectivity index (χ3n) is 8.10. The summed E-state index contributed by atoms with van der Waals surface area (Å²) in [6.45, 7) is 2.49. The first-order chi connectivity index (χ1) is 20.4. The van der Waals surface area contributed by atoms with Gasteiger partial charge in [-0.15, -0.1) is 11.3 Å². The lowest BCUT2D eigenvalue weighted by molar-refractivity contribution is -0.120. The van der Waals surface area contributed by atoms with Crippen molar-refractivity contribution in [2.45, 2.75) is 49.5 Å². The molecule has 2 amide bonds. The number of nitrogens with one attached hydrogen (secondary N) is 2. The summed E-state index contributed by atoms with van der Waals surface area (Å²) >= 11 is 7.27. The van der Waals surface area contributed by atoms with Gasteiger partial charge in [-0.3, -0.25) is 14.2 Å². The van der Waals surface area contributed by atoms with Gasteiger partial charge < -0.3 is 31.1 Å². The summed E-state index contributed by atoms with van der Waals surface area (Å²) in [5, 5.41) is 24.9. The highest BCUT2D eigenvalue weighted by Crippen LogP contribution is 2.34. The number of piperazine rings is 1. The number of nitrogens with two attached hydrogens (primary N) is 1. The molecule has 2 aliphatic heterocycles. The van der Waals surface area contributed by atoms with Crippen molar-refractivity contribution in [3.8, 4) is 11.8 Å². The number of amides is 2. The number of carbonyl (C=O) groups is 2. The van der Waals surface area contributed by atoms with Gasteiger partial charge in [0.05, 0.1) is 11.6 Å². The molecule has 1 aromatic carbocycles. The second-order valence-corrected chi connectivity index (χ2v) is 14.2. The fourth-order valence-electron chi connectivity index (χ4n) is 5.81. The van der Waals surface area contributed by atoms with Crippen molar-refractivity contribution in [3.05, 3.63) is 57.0 Å². The molecule has 13 nitrogen and oxygen atoms in total. The number of hydrogen-bond acceptors (Lipinski definition) is 9. The number of rotatable bonds is 7. The number of H-pyrrole nitrogens is 1. The smallest absolute Gasteiger partial charge is 0.283 e. The number of fused-ring (bicyclic) bond motifs is 2. The molecule has 1 fully saturated rings. The molecule has 43 heavy (non-hydrogen) atoms. The summed E-state index contributed by atoms with van der Waals surface area (Å²) in [6, 6.07) is 8.42. The van der Waals surface area contributed by atoms with Crippen LogP contribution >= 0.6 is 22.9 Å². The number of carbonyl (C=O) groups excluding carboxylic acids is 2. The molecule has 4 aromatic rings. The summed E-state index contributed by atoms with van der Waals surface area (Å²) < 4.78 is 30.1. The van der Waals surface area contributed by atoms with E-state index in [-0.39, 0.29) is 60.4 Å². The largest absolute Gasteiger partial charge is 0.494 e. The monoisotopic (exact) mass is 647 g/mol. The Bertz CT molecular complexity index is 1810. The number of sulfonamides is 1. The highest BCUT2D eigenvalue weighted by Gasteiger charge is 2.40. The van der Waals surface area contributed by atoms with Gasteiger partial charge >= 0.3 is 0 Å². The molecule has 0 aliphatic carbocycles. The average molecular weight is 648 g/mol. The van der Waals surface area contributed by atoms with Crippen LogP contribution in [0.2, 0.25) is 5.02 Å². The molecule has 6 rings (SSSR count). The van der Waals surface area contributed by atoms with Crippen LogP contribution in [-0.4, -0.2) is 85.9 Å².